The van der Waals surface area contributed by atoms with E-state index in [0.29, 0.717) is 11.4 Å². The Kier molecular flexibility index (Phi) is 4.50. The molecule has 3 aromatic carbocycles. The van der Waals surface area contributed by atoms with Gasteiger partial charge in [-0.2, -0.15) is 0 Å². The van der Waals surface area contributed by atoms with Crippen LogP contribution < -0.4 is 11.1 Å². The molecule has 4 heteroatoms. The van der Waals surface area contributed by atoms with Crippen LogP contribution in [0.25, 0.3) is 0 Å². The van der Waals surface area contributed by atoms with Gasteiger partial charge in [-0.15, -0.1) is 0 Å². The number of amidine groups is 1. The molecule has 1 unspecified atom stereocenters. The van der Waals surface area contributed by atoms with E-state index in [4.69, 9.17) is 10.7 Å². The molecule has 3 atom stereocenters. The molecule has 3 nitrogen and oxygen atoms in total. The molecular weight excluding hydrogens is 325 g/mol. The number of rotatable bonds is 4. The lowest BCUT2D eigenvalue weighted by molar-refractivity contribution is 0.569. The van der Waals surface area contributed by atoms with Crippen LogP contribution in [-0.2, 0) is 0 Å². The Morgan fingerprint density at radius 3 is 2.04 bits per heavy atom. The van der Waals surface area contributed by atoms with E-state index in [9.17, 15) is 4.39 Å². The zero-order chi connectivity index (χ0) is 17.9. The van der Waals surface area contributed by atoms with Crippen LogP contribution in [0.1, 0.15) is 34.8 Å². The molecule has 0 amide bonds. The zero-order valence-corrected chi connectivity index (χ0v) is 14.2. The van der Waals surface area contributed by atoms with Gasteiger partial charge in [-0.05, 0) is 17.2 Å². The second kappa shape index (κ2) is 7.10. The third-order valence-corrected chi connectivity index (χ3v) is 4.73. The van der Waals surface area contributed by atoms with Crippen LogP contribution >= 0.6 is 0 Å². The molecule has 0 saturated carbocycles. The average molecular weight is 345 g/mol. The number of hydrogen-bond donors (Lipinski definition) is 2. The Labute approximate surface area is 152 Å². The maximum absolute atomic E-state index is 14.2. The van der Waals surface area contributed by atoms with E-state index in [1.54, 1.807) is 18.2 Å². The van der Waals surface area contributed by atoms with Gasteiger partial charge in [-0.1, -0.05) is 78.9 Å². The standard InChI is InChI=1S/C22H20FN3/c23-18-14-8-7-13-17(18)19(24)22-25-20(15-9-3-1-4-10-15)21(26-22)16-11-5-2-6-12-16/h1-14,19-21H,24H2,(H,25,26)/t19?,20-,21+. The summed E-state index contributed by atoms with van der Waals surface area (Å²) in [5.41, 5.74) is 9.02. The van der Waals surface area contributed by atoms with Crippen molar-refractivity contribution in [3.63, 3.8) is 0 Å². The van der Waals surface area contributed by atoms with Crippen LogP contribution in [0.15, 0.2) is 89.9 Å². The van der Waals surface area contributed by atoms with Crippen molar-refractivity contribution in [2.75, 3.05) is 0 Å². The molecule has 4 rings (SSSR count). The van der Waals surface area contributed by atoms with Gasteiger partial charge in [-0.3, -0.25) is 4.99 Å². The smallest absolute Gasteiger partial charge is 0.128 e. The Balaban J connectivity index is 1.72. The third-order valence-electron chi connectivity index (χ3n) is 4.73. The minimum Gasteiger partial charge on any atom is -0.363 e. The molecule has 1 heterocycles. The maximum atomic E-state index is 14.2. The molecule has 1 aliphatic rings. The first-order chi connectivity index (χ1) is 12.7. The van der Waals surface area contributed by atoms with E-state index in [-0.39, 0.29) is 17.9 Å². The number of nitrogens with two attached hydrogens (primary N) is 1. The minimum absolute atomic E-state index is 0.0357. The van der Waals surface area contributed by atoms with Crippen molar-refractivity contribution >= 4 is 5.84 Å². The number of halogens is 1. The molecule has 26 heavy (non-hydrogen) atoms. The lowest BCUT2D eigenvalue weighted by atomic mass is 9.95. The molecule has 0 aromatic heterocycles. The van der Waals surface area contributed by atoms with Gasteiger partial charge < -0.3 is 11.1 Å². The summed E-state index contributed by atoms with van der Waals surface area (Å²) >= 11 is 0. The lowest BCUT2D eigenvalue weighted by Gasteiger charge is -2.20. The molecule has 3 N–H and O–H groups in total. The van der Waals surface area contributed by atoms with Crippen LogP contribution in [0.2, 0.25) is 0 Å². The molecule has 0 radical (unpaired) electrons. The fourth-order valence-electron chi connectivity index (χ4n) is 3.39. The molecule has 130 valence electrons. The summed E-state index contributed by atoms with van der Waals surface area (Å²) in [6, 6.07) is 26.1. The number of nitrogens with one attached hydrogen (secondary N) is 1. The van der Waals surface area contributed by atoms with E-state index in [1.165, 1.54) is 6.07 Å². The van der Waals surface area contributed by atoms with Gasteiger partial charge in [0.2, 0.25) is 0 Å². The number of benzene rings is 3. The highest BCUT2D eigenvalue weighted by molar-refractivity contribution is 5.90. The summed E-state index contributed by atoms with van der Waals surface area (Å²) in [6.07, 6.45) is 0. The highest BCUT2D eigenvalue weighted by Gasteiger charge is 2.34. The molecule has 3 aromatic rings. The predicted octanol–water partition coefficient (Wildman–Crippen LogP) is 4.31. The quantitative estimate of drug-likeness (QED) is 0.740. The SMILES string of the molecule is NC(C1=N[C@@H](c2ccccc2)[C@@H](c2ccccc2)N1)c1ccccc1F. The van der Waals surface area contributed by atoms with E-state index in [0.717, 1.165) is 11.1 Å². The summed E-state index contributed by atoms with van der Waals surface area (Å²) in [7, 11) is 0. The fourth-order valence-corrected chi connectivity index (χ4v) is 3.39. The van der Waals surface area contributed by atoms with Gasteiger partial charge in [0.1, 0.15) is 17.7 Å². The maximum Gasteiger partial charge on any atom is 0.128 e. The van der Waals surface area contributed by atoms with Crippen LogP contribution in [0, 0.1) is 5.82 Å². The summed E-state index contributed by atoms with van der Waals surface area (Å²) in [6.45, 7) is 0. The van der Waals surface area contributed by atoms with Crippen LogP contribution in [-0.4, -0.2) is 5.84 Å². The summed E-state index contributed by atoms with van der Waals surface area (Å²) in [5, 5.41) is 3.44. The molecule has 0 spiro atoms. The monoisotopic (exact) mass is 345 g/mol. The molecule has 1 aliphatic heterocycles. The second-order valence-corrected chi connectivity index (χ2v) is 6.40. The first-order valence-corrected chi connectivity index (χ1v) is 8.68. The van der Waals surface area contributed by atoms with E-state index >= 15 is 0 Å². The topological polar surface area (TPSA) is 50.4 Å². The van der Waals surface area contributed by atoms with Crippen molar-refractivity contribution in [2.45, 2.75) is 18.1 Å². The van der Waals surface area contributed by atoms with Crippen LogP contribution in [0.5, 0.6) is 0 Å². The van der Waals surface area contributed by atoms with Crippen molar-refractivity contribution in [3.8, 4) is 0 Å². The molecule has 0 saturated heterocycles. The predicted molar refractivity (Wildman–Crippen MR) is 102 cm³/mol. The van der Waals surface area contributed by atoms with Gasteiger partial charge in [0.05, 0.1) is 12.1 Å². The van der Waals surface area contributed by atoms with Gasteiger partial charge in [0.15, 0.2) is 0 Å². The third kappa shape index (κ3) is 3.11. The Morgan fingerprint density at radius 1 is 0.808 bits per heavy atom. The van der Waals surface area contributed by atoms with Crippen LogP contribution in [0.4, 0.5) is 4.39 Å². The van der Waals surface area contributed by atoms with Gasteiger partial charge >= 0.3 is 0 Å². The van der Waals surface area contributed by atoms with Crippen molar-refractivity contribution in [2.24, 2.45) is 10.7 Å². The molecule has 0 aliphatic carbocycles. The molecular formula is C22H20FN3. The first-order valence-electron chi connectivity index (χ1n) is 8.68. The van der Waals surface area contributed by atoms with E-state index in [2.05, 4.69) is 29.6 Å². The Morgan fingerprint density at radius 2 is 1.38 bits per heavy atom. The highest BCUT2D eigenvalue weighted by atomic mass is 19.1. The summed E-state index contributed by atoms with van der Waals surface area (Å²) in [5.74, 6) is 0.293. The summed E-state index contributed by atoms with van der Waals surface area (Å²) < 4.78 is 14.2. The first kappa shape index (κ1) is 16.5. The van der Waals surface area contributed by atoms with Crippen LogP contribution in [0.3, 0.4) is 0 Å². The number of nitrogens with zero attached hydrogens (tertiary/aromatic N) is 1. The van der Waals surface area contributed by atoms with Gasteiger partial charge in [0.25, 0.3) is 0 Å². The van der Waals surface area contributed by atoms with Gasteiger partial charge in [0, 0.05) is 5.56 Å². The Bertz CT molecular complexity index is 909. The van der Waals surface area contributed by atoms with Gasteiger partial charge in [-0.25, -0.2) is 4.39 Å². The van der Waals surface area contributed by atoms with E-state index < -0.39 is 6.04 Å². The summed E-state index contributed by atoms with van der Waals surface area (Å²) in [4.78, 5) is 4.85. The normalized spacial score (nSPS) is 20.3. The fraction of sp³-hybridized carbons (Fsp3) is 0.136. The largest absolute Gasteiger partial charge is 0.363 e. The molecule has 0 bridgehead atoms. The van der Waals surface area contributed by atoms with Crippen molar-refractivity contribution in [1.29, 1.82) is 0 Å². The highest BCUT2D eigenvalue weighted by Crippen LogP contribution is 2.37. The number of hydrogen-bond acceptors (Lipinski definition) is 3. The minimum atomic E-state index is -0.629. The Hall–Kier alpha value is -2.98. The van der Waals surface area contributed by atoms with Crippen molar-refractivity contribution in [1.82, 2.24) is 5.32 Å². The second-order valence-electron chi connectivity index (χ2n) is 6.40. The number of aliphatic imine (C=N–C) groups is 1. The zero-order valence-electron chi connectivity index (χ0n) is 14.2. The molecule has 0 fully saturated rings. The van der Waals surface area contributed by atoms with E-state index in [1.807, 2.05) is 36.4 Å². The lowest BCUT2D eigenvalue weighted by Crippen LogP contribution is -2.33. The van der Waals surface area contributed by atoms with Crippen molar-refractivity contribution < 1.29 is 4.39 Å². The van der Waals surface area contributed by atoms with Crippen molar-refractivity contribution in [3.05, 3.63) is 107 Å². The average Bonchev–Trinajstić information content (AvgIpc) is 3.15.